The largest absolute Gasteiger partial charge is 0.381 e. The molecule has 2 fully saturated rings. The van der Waals surface area contributed by atoms with E-state index in [0.717, 1.165) is 86.8 Å². The summed E-state index contributed by atoms with van der Waals surface area (Å²) < 4.78 is 5.50. The normalized spacial score (nSPS) is 18.5. The Labute approximate surface area is 211 Å². The molecule has 2 saturated heterocycles. The second kappa shape index (κ2) is 11.6. The summed E-state index contributed by atoms with van der Waals surface area (Å²) in [5, 5.41) is 6.68. The molecule has 3 N–H and O–H groups in total. The quantitative estimate of drug-likeness (QED) is 0.329. The second-order valence-electron chi connectivity index (χ2n) is 9.23. The van der Waals surface area contributed by atoms with Crippen LogP contribution >= 0.6 is 0 Å². The number of aromatic amines is 1. The fourth-order valence-electron chi connectivity index (χ4n) is 4.74. The predicted octanol–water partition coefficient (Wildman–Crippen LogP) is 3.72. The van der Waals surface area contributed by atoms with E-state index in [1.54, 1.807) is 6.33 Å². The van der Waals surface area contributed by atoms with Crippen molar-refractivity contribution in [2.45, 2.75) is 25.7 Å². The van der Waals surface area contributed by atoms with Crippen molar-refractivity contribution in [1.82, 2.24) is 30.2 Å². The number of allylic oxidation sites excluding steroid dienone is 1. The molecule has 0 amide bonds. The zero-order chi connectivity index (χ0) is 24.7. The molecule has 188 valence electrons. The number of rotatable bonds is 8. The Balaban J connectivity index is 1.32. The van der Waals surface area contributed by atoms with Gasteiger partial charge < -0.3 is 20.4 Å². The minimum Gasteiger partial charge on any atom is -0.381 e. The zero-order valence-electron chi connectivity index (χ0n) is 20.8. The first-order valence-corrected chi connectivity index (χ1v) is 12.7. The van der Waals surface area contributed by atoms with E-state index in [1.165, 1.54) is 5.57 Å². The number of benzene rings is 1. The highest BCUT2D eigenvalue weighted by molar-refractivity contribution is 5.83. The van der Waals surface area contributed by atoms with Gasteiger partial charge >= 0.3 is 0 Å². The SMILES string of the molecule is C=N/C(=C\C(=C/C)CN1CCNCC1)Nc1nc2ccc(-c3cc(C4CCOCC4)ncn3)cc2[nH]1. The van der Waals surface area contributed by atoms with Crippen molar-refractivity contribution in [3.05, 3.63) is 59.8 Å². The third-order valence-electron chi connectivity index (χ3n) is 6.83. The Bertz CT molecular complexity index is 1250. The van der Waals surface area contributed by atoms with Crippen molar-refractivity contribution < 1.29 is 4.74 Å². The van der Waals surface area contributed by atoms with Gasteiger partial charge in [0.1, 0.15) is 12.1 Å². The Kier molecular flexibility index (Phi) is 7.80. The maximum absolute atomic E-state index is 5.50. The van der Waals surface area contributed by atoms with Crippen LogP contribution in [0.5, 0.6) is 0 Å². The summed E-state index contributed by atoms with van der Waals surface area (Å²) in [6.45, 7) is 12.4. The average molecular weight is 487 g/mol. The Hall–Kier alpha value is -3.40. The molecule has 0 saturated carbocycles. The molecule has 0 radical (unpaired) electrons. The topological polar surface area (TPSA) is 103 Å². The number of H-pyrrole nitrogens is 1. The number of anilines is 1. The van der Waals surface area contributed by atoms with Gasteiger partial charge in [0.2, 0.25) is 5.95 Å². The summed E-state index contributed by atoms with van der Waals surface area (Å²) in [6.07, 6.45) is 7.82. The van der Waals surface area contributed by atoms with E-state index in [9.17, 15) is 0 Å². The summed E-state index contributed by atoms with van der Waals surface area (Å²) in [5.41, 5.74) is 6.01. The van der Waals surface area contributed by atoms with Crippen LogP contribution < -0.4 is 10.6 Å². The summed E-state index contributed by atoms with van der Waals surface area (Å²) in [6, 6.07) is 8.24. The number of nitrogens with one attached hydrogen (secondary N) is 3. The minimum absolute atomic E-state index is 0.428. The lowest BCUT2D eigenvalue weighted by Crippen LogP contribution is -2.44. The summed E-state index contributed by atoms with van der Waals surface area (Å²) in [5.74, 6) is 1.72. The second-order valence-corrected chi connectivity index (χ2v) is 9.23. The lowest BCUT2D eigenvalue weighted by atomic mass is 9.95. The number of imidazole rings is 1. The monoisotopic (exact) mass is 486 g/mol. The number of ether oxygens (including phenoxy) is 1. The Morgan fingerprint density at radius 1 is 1.22 bits per heavy atom. The number of hydrogen-bond acceptors (Lipinski definition) is 8. The van der Waals surface area contributed by atoms with Gasteiger partial charge in [0.25, 0.3) is 0 Å². The van der Waals surface area contributed by atoms with Gasteiger partial charge in [-0.05, 0) is 56.3 Å². The van der Waals surface area contributed by atoms with Crippen molar-refractivity contribution in [2.75, 3.05) is 51.3 Å². The van der Waals surface area contributed by atoms with Crippen LogP contribution in [0.3, 0.4) is 0 Å². The summed E-state index contributed by atoms with van der Waals surface area (Å²) in [7, 11) is 0. The third kappa shape index (κ3) is 5.87. The minimum atomic E-state index is 0.428. The average Bonchev–Trinajstić information content (AvgIpc) is 3.35. The molecule has 2 aliphatic rings. The van der Waals surface area contributed by atoms with Crippen molar-refractivity contribution >= 4 is 23.7 Å². The van der Waals surface area contributed by atoms with E-state index in [2.05, 4.69) is 73.4 Å². The van der Waals surface area contributed by atoms with Crippen LogP contribution in [0, 0.1) is 0 Å². The molecule has 1 aromatic carbocycles. The maximum Gasteiger partial charge on any atom is 0.206 e. The molecule has 0 spiro atoms. The molecule has 2 aromatic heterocycles. The number of fused-ring (bicyclic) bond motifs is 1. The molecule has 36 heavy (non-hydrogen) atoms. The standard InChI is InChI=1S/C27H34N8O/c1-3-19(17-35-10-8-29-9-11-35)14-26(28-2)34-27-32-22-5-4-21(15-25(22)33-27)24-16-23(30-18-31-24)20-6-12-36-13-7-20/h3-5,14-16,18,20,29H,2,6-13,17H2,1H3,(H2,32,33,34)/b19-3+,26-14+. The molecular weight excluding hydrogens is 452 g/mol. The molecule has 3 aromatic rings. The van der Waals surface area contributed by atoms with Crippen LogP contribution in [-0.4, -0.2) is 77.5 Å². The van der Waals surface area contributed by atoms with Crippen molar-refractivity contribution in [3.8, 4) is 11.3 Å². The van der Waals surface area contributed by atoms with Gasteiger partial charge in [0, 0.05) is 63.1 Å². The van der Waals surface area contributed by atoms with E-state index >= 15 is 0 Å². The predicted molar refractivity (Wildman–Crippen MR) is 144 cm³/mol. The molecular formula is C27H34N8O. The van der Waals surface area contributed by atoms with Crippen LogP contribution in [0.2, 0.25) is 0 Å². The number of aliphatic imine (C=N–C) groups is 1. The molecule has 0 aliphatic carbocycles. The number of aromatic nitrogens is 4. The van der Waals surface area contributed by atoms with Crippen LogP contribution in [0.15, 0.2) is 59.1 Å². The first-order chi connectivity index (χ1) is 17.7. The molecule has 5 rings (SSSR count). The van der Waals surface area contributed by atoms with E-state index in [4.69, 9.17) is 9.72 Å². The third-order valence-corrected chi connectivity index (χ3v) is 6.83. The van der Waals surface area contributed by atoms with Gasteiger partial charge in [0.15, 0.2) is 0 Å². The van der Waals surface area contributed by atoms with Gasteiger partial charge in [-0.2, -0.15) is 0 Å². The van der Waals surface area contributed by atoms with Gasteiger partial charge in [-0.15, -0.1) is 0 Å². The molecule has 0 unspecified atom stereocenters. The van der Waals surface area contributed by atoms with Gasteiger partial charge in [-0.1, -0.05) is 12.1 Å². The maximum atomic E-state index is 5.50. The Morgan fingerprint density at radius 3 is 2.83 bits per heavy atom. The zero-order valence-corrected chi connectivity index (χ0v) is 20.8. The highest BCUT2D eigenvalue weighted by Crippen LogP contribution is 2.29. The van der Waals surface area contributed by atoms with Crippen molar-refractivity contribution in [3.63, 3.8) is 0 Å². The van der Waals surface area contributed by atoms with E-state index in [0.29, 0.717) is 17.7 Å². The fraction of sp³-hybridized carbons (Fsp3) is 0.407. The van der Waals surface area contributed by atoms with Crippen molar-refractivity contribution in [2.24, 2.45) is 4.99 Å². The van der Waals surface area contributed by atoms with Gasteiger partial charge in [-0.3, -0.25) is 4.90 Å². The molecule has 0 atom stereocenters. The van der Waals surface area contributed by atoms with Crippen LogP contribution in [0.25, 0.3) is 22.3 Å². The van der Waals surface area contributed by atoms with E-state index in [-0.39, 0.29) is 0 Å². The highest BCUT2D eigenvalue weighted by atomic mass is 16.5. The smallest absolute Gasteiger partial charge is 0.206 e. The first kappa shape index (κ1) is 24.3. The van der Waals surface area contributed by atoms with Crippen molar-refractivity contribution in [1.29, 1.82) is 0 Å². The van der Waals surface area contributed by atoms with E-state index in [1.807, 2.05) is 12.1 Å². The lowest BCUT2D eigenvalue weighted by Gasteiger charge is -2.27. The van der Waals surface area contributed by atoms with Gasteiger partial charge in [-0.25, -0.2) is 19.9 Å². The summed E-state index contributed by atoms with van der Waals surface area (Å²) >= 11 is 0. The molecule has 9 heteroatoms. The fourth-order valence-corrected chi connectivity index (χ4v) is 4.74. The molecule has 0 bridgehead atoms. The highest BCUT2D eigenvalue weighted by Gasteiger charge is 2.18. The number of piperazine rings is 1. The molecule has 4 heterocycles. The first-order valence-electron chi connectivity index (χ1n) is 12.7. The Morgan fingerprint density at radius 2 is 2.06 bits per heavy atom. The van der Waals surface area contributed by atoms with E-state index < -0.39 is 0 Å². The van der Waals surface area contributed by atoms with Crippen LogP contribution in [-0.2, 0) is 4.74 Å². The summed E-state index contributed by atoms with van der Waals surface area (Å²) in [4.78, 5) is 23.8. The van der Waals surface area contributed by atoms with Gasteiger partial charge in [0.05, 0.1) is 16.7 Å². The van der Waals surface area contributed by atoms with Crippen LogP contribution in [0.4, 0.5) is 5.95 Å². The lowest BCUT2D eigenvalue weighted by molar-refractivity contribution is 0.0845. The van der Waals surface area contributed by atoms with Crippen LogP contribution in [0.1, 0.15) is 31.4 Å². The molecule has 2 aliphatic heterocycles. The number of nitrogens with zero attached hydrogens (tertiary/aromatic N) is 5. The molecule has 9 nitrogen and oxygen atoms in total. The number of hydrogen-bond donors (Lipinski definition) is 3.